The van der Waals surface area contributed by atoms with Gasteiger partial charge in [-0.2, -0.15) is 0 Å². The van der Waals surface area contributed by atoms with Crippen LogP contribution in [0.25, 0.3) is 16.9 Å². The maximum absolute atomic E-state index is 13.4. The van der Waals surface area contributed by atoms with Gasteiger partial charge in [-0.15, -0.1) is 11.3 Å². The minimum absolute atomic E-state index is 0.222. The molecule has 4 heterocycles. The Bertz CT molecular complexity index is 1470. The summed E-state index contributed by atoms with van der Waals surface area (Å²) in [5, 5.41) is 7.24. The Hall–Kier alpha value is -3.53. The molecule has 0 atom stereocenters. The third-order valence-corrected chi connectivity index (χ3v) is 6.98. The number of aromatic nitrogens is 3. The highest BCUT2D eigenvalue weighted by Gasteiger charge is 2.21. The maximum Gasteiger partial charge on any atom is 0.259 e. The third-order valence-electron chi connectivity index (χ3n) is 5.73. The van der Waals surface area contributed by atoms with Gasteiger partial charge >= 0.3 is 0 Å². The van der Waals surface area contributed by atoms with Gasteiger partial charge in [-0.3, -0.25) is 19.5 Å². The topological polar surface area (TPSA) is 98.1 Å². The van der Waals surface area contributed by atoms with Crippen molar-refractivity contribution in [2.24, 2.45) is 0 Å². The molecule has 3 aromatic heterocycles. The van der Waals surface area contributed by atoms with Gasteiger partial charge in [0.1, 0.15) is 11.6 Å². The molecule has 0 saturated carbocycles. The van der Waals surface area contributed by atoms with Gasteiger partial charge in [0.2, 0.25) is 0 Å². The number of halogens is 1. The molecule has 0 aliphatic carbocycles. The first kappa shape index (κ1) is 23.2. The fourth-order valence-corrected chi connectivity index (χ4v) is 5.13. The van der Waals surface area contributed by atoms with Crippen LogP contribution in [0.5, 0.6) is 5.75 Å². The van der Waals surface area contributed by atoms with Crippen LogP contribution in [-0.4, -0.2) is 34.1 Å². The number of nitrogens with one attached hydrogen (secondary N) is 2. The number of nitrogens with zero attached hydrogens (tertiary/aromatic N) is 3. The minimum Gasteiger partial charge on any atom is -0.496 e. The lowest BCUT2D eigenvalue weighted by Gasteiger charge is -2.15. The lowest BCUT2D eigenvalue weighted by molar-refractivity contribution is 0.102. The Balaban J connectivity index is 1.61. The van der Waals surface area contributed by atoms with Crippen molar-refractivity contribution in [2.45, 2.75) is 19.9 Å². The van der Waals surface area contributed by atoms with E-state index in [0.717, 1.165) is 35.6 Å². The van der Waals surface area contributed by atoms with Gasteiger partial charge in [-0.25, -0.2) is 9.97 Å². The molecule has 1 aliphatic rings. The van der Waals surface area contributed by atoms with Gasteiger partial charge < -0.3 is 10.1 Å². The lowest BCUT2D eigenvalue weighted by atomic mass is 9.99. The fraction of sp³-hybridized carbons (Fsp3) is 0.200. The first-order chi connectivity index (χ1) is 16.9. The standard InChI is InChI=1S/C25H22ClN5O3S/c1-14-6-8-31(23(32)9-14)22-11-16(17-10-15(26)3-4-20(17)34-2)18(12-28-22)24(33)30-25-29-19-5-7-27-13-21(19)35-25/h3-4,6,8-12,27H,5,7,13H2,1-2H3,(H,29,30,33). The van der Waals surface area contributed by atoms with Crippen LogP contribution in [0.3, 0.4) is 0 Å². The average Bonchev–Trinajstić information content (AvgIpc) is 3.26. The number of rotatable bonds is 5. The summed E-state index contributed by atoms with van der Waals surface area (Å²) >= 11 is 7.76. The van der Waals surface area contributed by atoms with Crippen LogP contribution >= 0.6 is 22.9 Å². The number of aryl methyl sites for hydroxylation is 1. The fourth-order valence-electron chi connectivity index (χ4n) is 3.98. The summed E-state index contributed by atoms with van der Waals surface area (Å²) in [6.07, 6.45) is 3.95. The number of anilines is 1. The monoisotopic (exact) mass is 507 g/mol. The molecule has 35 heavy (non-hydrogen) atoms. The van der Waals surface area contributed by atoms with E-state index >= 15 is 0 Å². The van der Waals surface area contributed by atoms with Crippen LogP contribution in [0.4, 0.5) is 5.13 Å². The van der Waals surface area contributed by atoms with Gasteiger partial charge in [0, 0.05) is 59.0 Å². The largest absolute Gasteiger partial charge is 0.496 e. The number of thiazole rings is 1. The van der Waals surface area contributed by atoms with Crippen molar-refractivity contribution in [1.29, 1.82) is 0 Å². The van der Waals surface area contributed by atoms with Crippen molar-refractivity contribution in [2.75, 3.05) is 19.0 Å². The number of amides is 1. The van der Waals surface area contributed by atoms with Gasteiger partial charge in [-0.05, 0) is 42.8 Å². The van der Waals surface area contributed by atoms with Crippen LogP contribution < -0.4 is 20.9 Å². The molecule has 5 rings (SSSR count). The molecule has 0 spiro atoms. The Morgan fingerprint density at radius 1 is 1.23 bits per heavy atom. The Labute approximate surface area is 210 Å². The van der Waals surface area contributed by atoms with E-state index in [2.05, 4.69) is 20.6 Å². The SMILES string of the molecule is COc1ccc(Cl)cc1-c1cc(-n2ccc(C)cc2=O)ncc1C(=O)Nc1nc2c(s1)CNCC2. The zero-order chi connectivity index (χ0) is 24.5. The van der Waals surface area contributed by atoms with E-state index in [-0.39, 0.29) is 11.5 Å². The molecule has 1 aliphatic heterocycles. The van der Waals surface area contributed by atoms with Crippen LogP contribution in [0.1, 0.15) is 26.5 Å². The summed E-state index contributed by atoms with van der Waals surface area (Å²) in [7, 11) is 1.55. The number of carbonyl (C=O) groups is 1. The molecule has 2 N–H and O–H groups in total. The van der Waals surface area contributed by atoms with Gasteiger partial charge in [-0.1, -0.05) is 11.6 Å². The number of hydrogen-bond acceptors (Lipinski definition) is 7. The van der Waals surface area contributed by atoms with Crippen molar-refractivity contribution in [3.63, 3.8) is 0 Å². The number of ether oxygens (including phenoxy) is 1. The quantitative estimate of drug-likeness (QED) is 0.419. The molecule has 8 nitrogen and oxygen atoms in total. The van der Waals surface area contributed by atoms with E-state index < -0.39 is 0 Å². The van der Waals surface area contributed by atoms with Crippen LogP contribution in [0.15, 0.2) is 53.6 Å². The highest BCUT2D eigenvalue weighted by atomic mass is 35.5. The zero-order valence-electron chi connectivity index (χ0n) is 19.1. The van der Waals surface area contributed by atoms with E-state index in [1.807, 2.05) is 13.0 Å². The smallest absolute Gasteiger partial charge is 0.259 e. The molecule has 0 fully saturated rings. The summed E-state index contributed by atoms with van der Waals surface area (Å²) in [5.74, 6) is 0.545. The van der Waals surface area contributed by atoms with Crippen molar-refractivity contribution in [1.82, 2.24) is 19.9 Å². The molecule has 178 valence electrons. The van der Waals surface area contributed by atoms with E-state index in [0.29, 0.717) is 38.4 Å². The second-order valence-corrected chi connectivity index (χ2v) is 9.63. The van der Waals surface area contributed by atoms with E-state index in [4.69, 9.17) is 16.3 Å². The molecule has 1 amide bonds. The molecule has 0 radical (unpaired) electrons. The number of hydrogen-bond donors (Lipinski definition) is 2. The number of fused-ring (bicyclic) bond motifs is 1. The minimum atomic E-state index is -0.364. The summed E-state index contributed by atoms with van der Waals surface area (Å²) in [5.41, 5.74) is 3.08. The molecular weight excluding hydrogens is 486 g/mol. The van der Waals surface area contributed by atoms with Gasteiger partial charge in [0.15, 0.2) is 5.13 Å². The van der Waals surface area contributed by atoms with Gasteiger partial charge in [0.05, 0.1) is 18.4 Å². The average molecular weight is 508 g/mol. The summed E-state index contributed by atoms with van der Waals surface area (Å²) in [6, 6.07) is 10.2. The first-order valence-electron chi connectivity index (χ1n) is 11.0. The van der Waals surface area contributed by atoms with E-state index in [9.17, 15) is 9.59 Å². The molecule has 1 aromatic carbocycles. The Kier molecular flexibility index (Phi) is 6.38. The molecule has 4 aromatic rings. The van der Waals surface area contributed by atoms with Crippen LogP contribution in [0, 0.1) is 6.92 Å². The predicted octanol–water partition coefficient (Wildman–Crippen LogP) is 4.22. The van der Waals surface area contributed by atoms with Crippen molar-refractivity contribution in [3.05, 3.63) is 85.9 Å². The predicted molar refractivity (Wildman–Crippen MR) is 137 cm³/mol. The van der Waals surface area contributed by atoms with Crippen molar-refractivity contribution < 1.29 is 9.53 Å². The van der Waals surface area contributed by atoms with Crippen LogP contribution in [0.2, 0.25) is 5.02 Å². The van der Waals surface area contributed by atoms with E-state index in [1.165, 1.54) is 28.2 Å². The maximum atomic E-state index is 13.4. The van der Waals surface area contributed by atoms with Crippen molar-refractivity contribution in [3.8, 4) is 22.7 Å². The summed E-state index contributed by atoms with van der Waals surface area (Å²) in [4.78, 5) is 36.2. The third kappa shape index (κ3) is 4.70. The number of pyridine rings is 2. The summed E-state index contributed by atoms with van der Waals surface area (Å²) in [6.45, 7) is 3.46. The van der Waals surface area contributed by atoms with Crippen LogP contribution in [-0.2, 0) is 13.0 Å². The number of carbonyl (C=O) groups excluding carboxylic acids is 1. The highest BCUT2D eigenvalue weighted by Crippen LogP contribution is 2.36. The normalized spacial score (nSPS) is 12.8. The lowest BCUT2D eigenvalue weighted by Crippen LogP contribution is -2.22. The highest BCUT2D eigenvalue weighted by molar-refractivity contribution is 7.15. The molecule has 0 unspecified atom stereocenters. The molecule has 0 bridgehead atoms. The number of benzene rings is 1. The van der Waals surface area contributed by atoms with E-state index in [1.54, 1.807) is 37.6 Å². The molecular formula is C25H22ClN5O3S. The van der Waals surface area contributed by atoms with Crippen molar-refractivity contribution >= 4 is 34.0 Å². The first-order valence-corrected chi connectivity index (χ1v) is 12.2. The second-order valence-electron chi connectivity index (χ2n) is 8.11. The molecule has 0 saturated heterocycles. The second kappa shape index (κ2) is 9.61. The Morgan fingerprint density at radius 3 is 2.86 bits per heavy atom. The number of methoxy groups -OCH3 is 1. The van der Waals surface area contributed by atoms with Gasteiger partial charge in [0.25, 0.3) is 11.5 Å². The zero-order valence-corrected chi connectivity index (χ0v) is 20.7. The Morgan fingerprint density at radius 2 is 2.09 bits per heavy atom. The summed E-state index contributed by atoms with van der Waals surface area (Å²) < 4.78 is 6.98. The molecule has 10 heteroatoms.